The third kappa shape index (κ3) is 1.79. The van der Waals surface area contributed by atoms with Crippen LogP contribution in [0.1, 0.15) is 6.92 Å². The molecule has 1 heterocycles. The topological polar surface area (TPSA) is 87.0 Å². The summed E-state index contributed by atoms with van der Waals surface area (Å²) in [5.41, 5.74) is 0.0923. The first-order valence-corrected chi connectivity index (χ1v) is 4.35. The second-order valence-corrected chi connectivity index (χ2v) is 3.43. The molecule has 14 heavy (non-hydrogen) atoms. The zero-order valence-corrected chi connectivity index (χ0v) is 7.88. The predicted octanol–water partition coefficient (Wildman–Crippen LogP) is -0.616. The molecule has 0 bridgehead atoms. The van der Waals surface area contributed by atoms with E-state index in [4.69, 9.17) is 14.9 Å². The van der Waals surface area contributed by atoms with Gasteiger partial charge in [-0.2, -0.15) is 0 Å². The largest absolute Gasteiger partial charge is 0.479 e. The van der Waals surface area contributed by atoms with Crippen LogP contribution in [-0.2, 0) is 9.53 Å². The molecule has 5 heteroatoms. The second-order valence-electron chi connectivity index (χ2n) is 3.43. The summed E-state index contributed by atoms with van der Waals surface area (Å²) in [5, 5.41) is 27.3. The van der Waals surface area contributed by atoms with Gasteiger partial charge in [-0.1, -0.05) is 6.58 Å². The van der Waals surface area contributed by atoms with Gasteiger partial charge in [-0.15, -0.1) is 0 Å². The van der Waals surface area contributed by atoms with Crippen LogP contribution >= 0.6 is 0 Å². The van der Waals surface area contributed by atoms with Gasteiger partial charge in [0.2, 0.25) is 0 Å². The van der Waals surface area contributed by atoms with E-state index in [1.54, 1.807) is 6.92 Å². The molecule has 5 nitrogen and oxygen atoms in total. The molecular formula is C9H14O5. The first-order valence-electron chi connectivity index (χ1n) is 4.35. The number of ether oxygens (including phenoxy) is 1. The van der Waals surface area contributed by atoms with Gasteiger partial charge in [-0.3, -0.25) is 0 Å². The lowest BCUT2D eigenvalue weighted by atomic mass is 9.87. The smallest absolute Gasteiger partial charge is 0.337 e. The van der Waals surface area contributed by atoms with E-state index in [0.29, 0.717) is 0 Å². The highest BCUT2D eigenvalue weighted by molar-refractivity contribution is 5.76. The quantitative estimate of drug-likeness (QED) is 0.520. The van der Waals surface area contributed by atoms with Gasteiger partial charge >= 0.3 is 5.97 Å². The summed E-state index contributed by atoms with van der Waals surface area (Å²) in [6, 6.07) is 0. The normalized spacial score (nSPS) is 38.4. The average Bonchev–Trinajstić information content (AvgIpc) is 2.12. The van der Waals surface area contributed by atoms with Crippen LogP contribution in [0.4, 0.5) is 0 Å². The Morgan fingerprint density at radius 3 is 2.64 bits per heavy atom. The lowest BCUT2D eigenvalue weighted by molar-refractivity contribution is -0.163. The van der Waals surface area contributed by atoms with Gasteiger partial charge in [-0.25, -0.2) is 4.79 Å². The fourth-order valence-corrected chi connectivity index (χ4v) is 1.55. The summed E-state index contributed by atoms with van der Waals surface area (Å²) in [4.78, 5) is 10.7. The highest BCUT2D eigenvalue weighted by atomic mass is 16.5. The van der Waals surface area contributed by atoms with Crippen molar-refractivity contribution in [2.24, 2.45) is 5.92 Å². The molecule has 4 atom stereocenters. The molecular weight excluding hydrogens is 188 g/mol. The molecule has 0 aromatic carbocycles. The molecule has 1 aliphatic rings. The van der Waals surface area contributed by atoms with E-state index in [9.17, 15) is 9.90 Å². The number of carboxylic acid groups (broad SMARTS) is 1. The lowest BCUT2D eigenvalue weighted by Gasteiger charge is -2.37. The molecule has 0 amide bonds. The molecule has 3 N–H and O–H groups in total. The SMILES string of the molecule is C=C1[C@@H](C(=O)O)OC(C)C(CO)[C@H]1O. The Kier molecular flexibility index (Phi) is 3.25. The maximum atomic E-state index is 10.7. The summed E-state index contributed by atoms with van der Waals surface area (Å²) < 4.78 is 5.11. The van der Waals surface area contributed by atoms with E-state index in [0.717, 1.165) is 0 Å². The number of aliphatic hydroxyl groups is 2. The van der Waals surface area contributed by atoms with Gasteiger partial charge in [-0.05, 0) is 12.5 Å². The minimum atomic E-state index is -1.18. The number of aliphatic carboxylic acids is 1. The van der Waals surface area contributed by atoms with Gasteiger partial charge < -0.3 is 20.1 Å². The van der Waals surface area contributed by atoms with Crippen LogP contribution in [0.3, 0.4) is 0 Å². The fourth-order valence-electron chi connectivity index (χ4n) is 1.55. The molecule has 2 unspecified atom stereocenters. The van der Waals surface area contributed by atoms with Crippen molar-refractivity contribution < 1.29 is 24.9 Å². The summed E-state index contributed by atoms with van der Waals surface area (Å²) >= 11 is 0. The predicted molar refractivity (Wildman–Crippen MR) is 47.7 cm³/mol. The second kappa shape index (κ2) is 4.08. The van der Waals surface area contributed by atoms with Crippen molar-refractivity contribution >= 4 is 5.97 Å². The van der Waals surface area contributed by atoms with E-state index in [1.807, 2.05) is 0 Å². The van der Waals surface area contributed by atoms with E-state index in [-0.39, 0.29) is 12.2 Å². The molecule has 1 aliphatic heterocycles. The van der Waals surface area contributed by atoms with Crippen molar-refractivity contribution in [1.29, 1.82) is 0 Å². The van der Waals surface area contributed by atoms with Crippen molar-refractivity contribution in [3.05, 3.63) is 12.2 Å². The number of rotatable bonds is 2. The van der Waals surface area contributed by atoms with Crippen LogP contribution < -0.4 is 0 Å². The first kappa shape index (κ1) is 11.2. The van der Waals surface area contributed by atoms with Crippen LogP contribution in [0.5, 0.6) is 0 Å². The summed E-state index contributed by atoms with van der Waals surface area (Å²) in [6.07, 6.45) is -2.70. The van der Waals surface area contributed by atoms with E-state index < -0.39 is 30.2 Å². The minimum Gasteiger partial charge on any atom is -0.479 e. The fraction of sp³-hybridized carbons (Fsp3) is 0.667. The van der Waals surface area contributed by atoms with Gasteiger partial charge in [0.1, 0.15) is 0 Å². The monoisotopic (exact) mass is 202 g/mol. The first-order chi connectivity index (χ1) is 6.49. The van der Waals surface area contributed by atoms with E-state index >= 15 is 0 Å². The highest BCUT2D eigenvalue weighted by Gasteiger charge is 2.40. The molecule has 0 aromatic heterocycles. The average molecular weight is 202 g/mol. The van der Waals surface area contributed by atoms with Gasteiger partial charge in [0, 0.05) is 5.92 Å². The van der Waals surface area contributed by atoms with Crippen molar-refractivity contribution in [3.63, 3.8) is 0 Å². The Morgan fingerprint density at radius 1 is 1.64 bits per heavy atom. The maximum Gasteiger partial charge on any atom is 0.337 e. The third-order valence-electron chi connectivity index (χ3n) is 2.51. The van der Waals surface area contributed by atoms with Crippen molar-refractivity contribution in [2.75, 3.05) is 6.61 Å². The van der Waals surface area contributed by atoms with Crippen LogP contribution in [-0.4, -0.2) is 46.2 Å². The molecule has 80 valence electrons. The number of aliphatic hydroxyl groups excluding tert-OH is 2. The lowest BCUT2D eigenvalue weighted by Crippen LogP contribution is -2.48. The molecule has 0 saturated carbocycles. The van der Waals surface area contributed by atoms with Gasteiger partial charge in [0.05, 0.1) is 18.8 Å². The van der Waals surface area contributed by atoms with Crippen molar-refractivity contribution in [2.45, 2.75) is 25.2 Å². The number of hydrogen-bond donors (Lipinski definition) is 3. The summed E-state index contributed by atoms with van der Waals surface area (Å²) in [5.74, 6) is -1.67. The molecule has 1 rings (SSSR count). The molecule has 0 aliphatic carbocycles. The number of hydrogen-bond acceptors (Lipinski definition) is 4. The standard InChI is InChI=1S/C9H14O5/c1-4-7(11)6(3-10)5(2)14-8(4)9(12)13/h5-8,10-11H,1,3H2,2H3,(H,12,13)/t5?,6?,7-,8-/m0/s1. The van der Waals surface area contributed by atoms with Crippen LogP contribution in [0.15, 0.2) is 12.2 Å². The Balaban J connectivity index is 2.83. The molecule has 1 fully saturated rings. The Morgan fingerprint density at radius 2 is 2.21 bits per heavy atom. The molecule has 0 radical (unpaired) electrons. The Hall–Kier alpha value is -0.910. The van der Waals surface area contributed by atoms with Crippen molar-refractivity contribution in [3.8, 4) is 0 Å². The number of carboxylic acids is 1. The highest BCUT2D eigenvalue weighted by Crippen LogP contribution is 2.28. The Labute approximate surface area is 81.6 Å². The molecule has 0 spiro atoms. The molecule has 0 aromatic rings. The van der Waals surface area contributed by atoms with Crippen LogP contribution in [0, 0.1) is 5.92 Å². The number of carbonyl (C=O) groups is 1. The van der Waals surface area contributed by atoms with Crippen molar-refractivity contribution in [1.82, 2.24) is 0 Å². The van der Waals surface area contributed by atoms with Gasteiger partial charge in [0.15, 0.2) is 6.10 Å². The van der Waals surface area contributed by atoms with E-state index in [1.165, 1.54) is 0 Å². The van der Waals surface area contributed by atoms with E-state index in [2.05, 4.69) is 6.58 Å². The molecule has 1 saturated heterocycles. The van der Waals surface area contributed by atoms with Crippen LogP contribution in [0.25, 0.3) is 0 Å². The Bertz CT molecular complexity index is 250. The maximum absolute atomic E-state index is 10.7. The minimum absolute atomic E-state index is 0.0923. The van der Waals surface area contributed by atoms with Crippen LogP contribution in [0.2, 0.25) is 0 Å². The summed E-state index contributed by atoms with van der Waals surface area (Å²) in [7, 11) is 0. The third-order valence-corrected chi connectivity index (χ3v) is 2.51. The zero-order valence-electron chi connectivity index (χ0n) is 7.88. The zero-order chi connectivity index (χ0) is 10.9. The summed E-state index contributed by atoms with van der Waals surface area (Å²) in [6.45, 7) is 4.82. The van der Waals surface area contributed by atoms with Gasteiger partial charge in [0.25, 0.3) is 0 Å².